The topological polar surface area (TPSA) is 50.6 Å². The summed E-state index contributed by atoms with van der Waals surface area (Å²) < 4.78 is 0.738. The van der Waals surface area contributed by atoms with Crippen LogP contribution in [0.2, 0.25) is 4.34 Å². The van der Waals surface area contributed by atoms with Crippen LogP contribution in [0, 0.1) is 0 Å². The number of carbonyl (C=O) groups is 2. The van der Waals surface area contributed by atoms with Crippen LogP contribution in [0.3, 0.4) is 0 Å². The van der Waals surface area contributed by atoms with Gasteiger partial charge in [0.05, 0.1) is 21.8 Å². The number of amides is 1. The number of nitrogens with one attached hydrogen (secondary N) is 2. The van der Waals surface area contributed by atoms with Gasteiger partial charge in [0, 0.05) is 0 Å². The van der Waals surface area contributed by atoms with Gasteiger partial charge in [0.2, 0.25) is 0 Å². The fourth-order valence-corrected chi connectivity index (χ4v) is 3.88. The number of quaternary nitrogens is 1. The molecule has 6 heteroatoms. The Morgan fingerprint density at radius 2 is 2.00 bits per heavy atom. The first-order chi connectivity index (χ1) is 12.5. The van der Waals surface area contributed by atoms with Gasteiger partial charge in [0.15, 0.2) is 12.3 Å². The third-order valence-corrected chi connectivity index (χ3v) is 5.24. The van der Waals surface area contributed by atoms with Crippen molar-refractivity contribution in [3.05, 3.63) is 69.9 Å². The number of hydrogen-bond donors (Lipinski definition) is 2. The highest BCUT2D eigenvalue weighted by molar-refractivity contribution is 7.16. The van der Waals surface area contributed by atoms with Crippen molar-refractivity contribution < 1.29 is 14.5 Å². The Bertz CT molecular complexity index is 745. The monoisotopic (exact) mass is 391 g/mol. The first-order valence-electron chi connectivity index (χ1n) is 8.50. The van der Waals surface area contributed by atoms with Crippen LogP contribution in [0.15, 0.2) is 55.1 Å². The molecule has 2 N–H and O–H groups in total. The molecule has 4 nitrogen and oxygen atoms in total. The lowest BCUT2D eigenvalue weighted by Gasteiger charge is -2.20. The van der Waals surface area contributed by atoms with Crippen LogP contribution >= 0.6 is 22.9 Å². The summed E-state index contributed by atoms with van der Waals surface area (Å²) in [4.78, 5) is 26.6. The van der Waals surface area contributed by atoms with Gasteiger partial charge in [-0.1, -0.05) is 48.5 Å². The SMILES string of the molecule is C=CC[NH+](CC(=O)N[C@@H](Cc1ccccc1)C(C)=O)Cc1ccc(Cl)s1. The van der Waals surface area contributed by atoms with Crippen molar-refractivity contribution in [1.29, 1.82) is 0 Å². The molecule has 1 aromatic heterocycles. The summed E-state index contributed by atoms with van der Waals surface area (Å²) in [7, 11) is 0. The van der Waals surface area contributed by atoms with Crippen molar-refractivity contribution in [3.8, 4) is 0 Å². The summed E-state index contributed by atoms with van der Waals surface area (Å²) in [5, 5.41) is 2.88. The molecule has 0 saturated carbocycles. The Morgan fingerprint density at radius 1 is 1.27 bits per heavy atom. The fourth-order valence-electron chi connectivity index (χ4n) is 2.72. The number of hydrogen-bond acceptors (Lipinski definition) is 3. The predicted octanol–water partition coefficient (Wildman–Crippen LogP) is 2.29. The van der Waals surface area contributed by atoms with E-state index in [1.54, 1.807) is 6.08 Å². The number of halogens is 1. The highest BCUT2D eigenvalue weighted by Gasteiger charge is 2.21. The maximum Gasteiger partial charge on any atom is 0.275 e. The third kappa shape index (κ3) is 6.75. The molecule has 0 aliphatic heterocycles. The summed E-state index contributed by atoms with van der Waals surface area (Å²) in [5.41, 5.74) is 1.02. The lowest BCUT2D eigenvalue weighted by molar-refractivity contribution is -0.899. The predicted molar refractivity (Wildman–Crippen MR) is 107 cm³/mol. The molecule has 2 atom stereocenters. The number of Topliss-reactive ketones (excluding diaryl/α,β-unsaturated/α-hetero) is 1. The van der Waals surface area contributed by atoms with Crippen molar-refractivity contribution in [1.82, 2.24) is 5.32 Å². The van der Waals surface area contributed by atoms with Crippen LogP contribution in [-0.2, 0) is 22.6 Å². The molecule has 0 bridgehead atoms. The van der Waals surface area contributed by atoms with Crippen LogP contribution in [0.1, 0.15) is 17.4 Å². The van der Waals surface area contributed by atoms with Gasteiger partial charge in [-0.25, -0.2) is 0 Å². The number of benzene rings is 1. The van der Waals surface area contributed by atoms with Crippen molar-refractivity contribution in [2.75, 3.05) is 13.1 Å². The minimum Gasteiger partial charge on any atom is -0.341 e. The molecule has 26 heavy (non-hydrogen) atoms. The smallest absolute Gasteiger partial charge is 0.275 e. The Balaban J connectivity index is 1.95. The van der Waals surface area contributed by atoms with Gasteiger partial charge >= 0.3 is 0 Å². The van der Waals surface area contributed by atoms with Crippen LogP contribution in [0.25, 0.3) is 0 Å². The zero-order valence-electron chi connectivity index (χ0n) is 14.8. The molecule has 0 spiro atoms. The Labute approximate surface area is 163 Å². The highest BCUT2D eigenvalue weighted by atomic mass is 35.5. The molecule has 1 heterocycles. The average molecular weight is 392 g/mol. The Kier molecular flexibility index (Phi) is 8.04. The first-order valence-corrected chi connectivity index (χ1v) is 9.69. The molecule has 2 rings (SSSR count). The van der Waals surface area contributed by atoms with Gasteiger partial charge in [-0.2, -0.15) is 0 Å². The van der Waals surface area contributed by atoms with Crippen molar-refractivity contribution in [2.45, 2.75) is 25.9 Å². The van der Waals surface area contributed by atoms with Crippen LogP contribution in [-0.4, -0.2) is 30.8 Å². The maximum atomic E-state index is 12.5. The highest BCUT2D eigenvalue weighted by Crippen LogP contribution is 2.20. The minimum atomic E-state index is -0.508. The number of carbonyl (C=O) groups excluding carboxylic acids is 2. The van der Waals surface area contributed by atoms with Crippen LogP contribution in [0.4, 0.5) is 0 Å². The summed E-state index contributed by atoms with van der Waals surface area (Å²) in [6.07, 6.45) is 2.30. The van der Waals surface area contributed by atoms with E-state index in [2.05, 4.69) is 11.9 Å². The standard InChI is InChI=1S/C20H23ClN2O2S/c1-3-11-23(13-17-9-10-19(21)26-17)14-20(25)22-18(15(2)24)12-16-7-5-4-6-8-16/h3-10,18H,1,11-14H2,2H3,(H,22,25)/p+1/t18-/m0/s1. The third-order valence-electron chi connectivity index (χ3n) is 4.01. The van der Waals surface area contributed by atoms with Crippen molar-refractivity contribution in [2.24, 2.45) is 0 Å². The second-order valence-electron chi connectivity index (χ2n) is 6.22. The zero-order chi connectivity index (χ0) is 18.9. The van der Waals surface area contributed by atoms with Crippen molar-refractivity contribution in [3.63, 3.8) is 0 Å². The molecule has 1 amide bonds. The summed E-state index contributed by atoms with van der Waals surface area (Å²) >= 11 is 7.49. The molecule has 138 valence electrons. The normalized spacial score (nSPS) is 13.0. The van der Waals surface area contributed by atoms with E-state index in [-0.39, 0.29) is 18.2 Å². The largest absolute Gasteiger partial charge is 0.341 e. The summed E-state index contributed by atoms with van der Waals surface area (Å²) in [6.45, 7) is 6.91. The molecule has 0 radical (unpaired) electrons. The summed E-state index contributed by atoms with van der Waals surface area (Å²) in [5.74, 6) is -0.182. The van der Waals surface area contributed by atoms with Gasteiger partial charge in [0.1, 0.15) is 6.54 Å². The van der Waals surface area contributed by atoms with Gasteiger partial charge in [-0.3, -0.25) is 9.59 Å². The van der Waals surface area contributed by atoms with Crippen LogP contribution in [0.5, 0.6) is 0 Å². The van der Waals surface area contributed by atoms with E-state index in [1.807, 2.05) is 42.5 Å². The van der Waals surface area contributed by atoms with E-state index in [0.717, 1.165) is 19.7 Å². The zero-order valence-corrected chi connectivity index (χ0v) is 16.4. The molecule has 1 aromatic carbocycles. The molecule has 0 saturated heterocycles. The van der Waals surface area contributed by atoms with Gasteiger partial charge in [0.25, 0.3) is 5.91 Å². The lowest BCUT2D eigenvalue weighted by Crippen LogP contribution is -3.11. The molecule has 2 aromatic rings. The average Bonchev–Trinajstić information content (AvgIpc) is 3.00. The Hall–Kier alpha value is -1.95. The van der Waals surface area contributed by atoms with E-state index in [0.29, 0.717) is 19.5 Å². The van der Waals surface area contributed by atoms with Gasteiger partial charge < -0.3 is 10.2 Å². The number of ketones is 1. The number of thiophene rings is 1. The van der Waals surface area contributed by atoms with Crippen molar-refractivity contribution >= 4 is 34.6 Å². The molecule has 0 fully saturated rings. The van der Waals surface area contributed by atoms with Crippen LogP contribution < -0.4 is 10.2 Å². The van der Waals surface area contributed by atoms with E-state index in [1.165, 1.54) is 18.3 Å². The first kappa shape index (κ1) is 20.4. The molecule has 1 unspecified atom stereocenters. The molecule has 0 aliphatic rings. The fraction of sp³-hybridized carbons (Fsp3) is 0.300. The second-order valence-corrected chi connectivity index (χ2v) is 8.02. The maximum absolute atomic E-state index is 12.5. The van der Waals surface area contributed by atoms with Gasteiger partial charge in [-0.15, -0.1) is 11.3 Å². The van der Waals surface area contributed by atoms with E-state index >= 15 is 0 Å². The Morgan fingerprint density at radius 3 is 2.58 bits per heavy atom. The molecular weight excluding hydrogens is 368 g/mol. The quantitative estimate of drug-likeness (QED) is 0.610. The second kappa shape index (κ2) is 10.3. The molecule has 0 aliphatic carbocycles. The number of rotatable bonds is 10. The minimum absolute atomic E-state index is 0.0440. The van der Waals surface area contributed by atoms with Gasteiger partial charge in [-0.05, 0) is 37.1 Å². The molecular formula is C20H24ClN2O2S+. The summed E-state index contributed by atoms with van der Waals surface area (Å²) in [6, 6.07) is 13.0. The van der Waals surface area contributed by atoms with E-state index in [9.17, 15) is 9.59 Å². The van der Waals surface area contributed by atoms with E-state index < -0.39 is 6.04 Å². The lowest BCUT2D eigenvalue weighted by atomic mass is 10.0. The van der Waals surface area contributed by atoms with E-state index in [4.69, 9.17) is 11.6 Å².